The second kappa shape index (κ2) is 6.21. The molecule has 0 unspecified atom stereocenters. The summed E-state index contributed by atoms with van der Waals surface area (Å²) in [5.74, 6) is 0.110. The summed E-state index contributed by atoms with van der Waals surface area (Å²) in [6, 6.07) is 5.59. The molecule has 0 aromatic heterocycles. The molecule has 0 spiro atoms. The van der Waals surface area contributed by atoms with Crippen LogP contribution < -0.4 is 0 Å². The Kier molecular flexibility index (Phi) is 5.22. The van der Waals surface area contributed by atoms with Crippen molar-refractivity contribution in [1.29, 1.82) is 0 Å². The molecule has 1 aromatic rings. The highest BCUT2D eigenvalue weighted by molar-refractivity contribution is 8.68. The van der Waals surface area contributed by atoms with E-state index >= 15 is 0 Å². The van der Waals surface area contributed by atoms with Gasteiger partial charge in [0.25, 0.3) is 0 Å². The third kappa shape index (κ3) is 3.76. The Morgan fingerprint density at radius 3 is 2.69 bits per heavy atom. The predicted octanol–water partition coefficient (Wildman–Crippen LogP) is 3.74. The third-order valence-electron chi connectivity index (χ3n) is 2.07. The second-order valence-corrected chi connectivity index (χ2v) is 5.26. The van der Waals surface area contributed by atoms with Crippen molar-refractivity contribution in [2.45, 2.75) is 25.7 Å². The quantitative estimate of drug-likeness (QED) is 0.505. The van der Waals surface area contributed by atoms with Crippen LogP contribution in [0, 0.1) is 12.8 Å². The lowest BCUT2D eigenvalue weighted by molar-refractivity contribution is 0.0458. The van der Waals surface area contributed by atoms with E-state index in [0.717, 1.165) is 10.5 Å². The summed E-state index contributed by atoms with van der Waals surface area (Å²) < 4.78 is 5.18. The fourth-order valence-electron chi connectivity index (χ4n) is 1.24. The van der Waals surface area contributed by atoms with Gasteiger partial charge in [-0.1, -0.05) is 24.6 Å². The molecule has 0 aliphatic carbocycles. The van der Waals surface area contributed by atoms with E-state index in [9.17, 15) is 4.79 Å². The van der Waals surface area contributed by atoms with Gasteiger partial charge < -0.3 is 4.74 Å². The van der Waals surface area contributed by atoms with Crippen molar-refractivity contribution >= 4 is 28.4 Å². The summed E-state index contributed by atoms with van der Waals surface area (Å²) in [4.78, 5) is 12.8. The number of hydrogen-bond acceptors (Lipinski definition) is 4. The maximum Gasteiger partial charge on any atom is 0.338 e. The van der Waals surface area contributed by atoms with E-state index in [1.165, 1.54) is 10.8 Å². The SMILES string of the molecule is Cc1cc(SS)ccc1C(=O)OCC(C)C. The molecule has 0 fully saturated rings. The molecule has 1 rings (SSSR count). The smallest absolute Gasteiger partial charge is 0.338 e. The highest BCUT2D eigenvalue weighted by atomic mass is 33.1. The molecule has 4 heteroatoms. The van der Waals surface area contributed by atoms with Crippen LogP contribution in [-0.4, -0.2) is 12.6 Å². The molecule has 0 radical (unpaired) electrons. The minimum Gasteiger partial charge on any atom is -0.462 e. The number of benzene rings is 1. The van der Waals surface area contributed by atoms with Gasteiger partial charge in [-0.3, -0.25) is 0 Å². The molecule has 0 saturated carbocycles. The van der Waals surface area contributed by atoms with E-state index in [-0.39, 0.29) is 5.97 Å². The minimum atomic E-state index is -0.248. The average Bonchev–Trinajstić information content (AvgIpc) is 2.25. The van der Waals surface area contributed by atoms with Crippen molar-refractivity contribution in [3.8, 4) is 0 Å². The van der Waals surface area contributed by atoms with Crippen molar-refractivity contribution in [2.75, 3.05) is 6.61 Å². The Labute approximate surface area is 106 Å². The van der Waals surface area contributed by atoms with Crippen LogP contribution in [0.1, 0.15) is 29.8 Å². The lowest BCUT2D eigenvalue weighted by Crippen LogP contribution is -2.11. The molecule has 0 amide bonds. The Balaban J connectivity index is 2.76. The molecule has 1 aromatic carbocycles. The molecule has 0 bridgehead atoms. The van der Waals surface area contributed by atoms with Crippen LogP contribution in [0.25, 0.3) is 0 Å². The second-order valence-electron chi connectivity index (χ2n) is 4.06. The number of esters is 1. The molecule has 0 saturated heterocycles. The van der Waals surface area contributed by atoms with Crippen LogP contribution in [0.5, 0.6) is 0 Å². The largest absolute Gasteiger partial charge is 0.462 e. The van der Waals surface area contributed by atoms with Gasteiger partial charge in [-0.05, 0) is 36.6 Å². The van der Waals surface area contributed by atoms with E-state index in [2.05, 4.69) is 11.7 Å². The zero-order valence-corrected chi connectivity index (χ0v) is 11.4. The van der Waals surface area contributed by atoms with Crippen LogP contribution in [0.2, 0.25) is 0 Å². The zero-order chi connectivity index (χ0) is 12.1. The number of carbonyl (C=O) groups excluding carboxylic acids is 1. The zero-order valence-electron chi connectivity index (χ0n) is 9.69. The topological polar surface area (TPSA) is 26.3 Å². The van der Waals surface area contributed by atoms with Gasteiger partial charge in [-0.25, -0.2) is 4.79 Å². The van der Waals surface area contributed by atoms with Gasteiger partial charge in [0.05, 0.1) is 12.2 Å². The number of aryl methyl sites for hydroxylation is 1. The molecule has 88 valence electrons. The Morgan fingerprint density at radius 1 is 1.50 bits per heavy atom. The van der Waals surface area contributed by atoms with Crippen molar-refractivity contribution in [3.63, 3.8) is 0 Å². The van der Waals surface area contributed by atoms with E-state index in [1.54, 1.807) is 6.07 Å². The first-order valence-corrected chi connectivity index (χ1v) is 7.00. The highest BCUT2D eigenvalue weighted by Gasteiger charge is 2.11. The van der Waals surface area contributed by atoms with Crippen molar-refractivity contribution in [1.82, 2.24) is 0 Å². The Morgan fingerprint density at radius 2 is 2.19 bits per heavy atom. The van der Waals surface area contributed by atoms with Gasteiger partial charge >= 0.3 is 5.97 Å². The van der Waals surface area contributed by atoms with Crippen LogP contribution >= 0.6 is 22.5 Å². The standard InChI is InChI=1S/C12H16O2S2/c1-8(2)7-14-12(13)11-5-4-10(16-15)6-9(11)3/h4-6,8,15H,7H2,1-3H3. The molecule has 0 atom stereocenters. The molecule has 0 aliphatic heterocycles. The first-order chi connectivity index (χ1) is 7.54. The van der Waals surface area contributed by atoms with Gasteiger partial charge in [0.1, 0.15) is 0 Å². The summed E-state index contributed by atoms with van der Waals surface area (Å²) in [7, 11) is 1.36. The van der Waals surface area contributed by atoms with Crippen molar-refractivity contribution < 1.29 is 9.53 Å². The first kappa shape index (κ1) is 13.5. The summed E-state index contributed by atoms with van der Waals surface area (Å²) in [6.07, 6.45) is 0. The molecular formula is C12H16O2S2. The molecule has 0 N–H and O–H groups in total. The summed E-state index contributed by atoms with van der Waals surface area (Å²) in [5, 5.41) is 0. The highest BCUT2D eigenvalue weighted by Crippen LogP contribution is 2.24. The number of ether oxygens (including phenoxy) is 1. The van der Waals surface area contributed by atoms with E-state index < -0.39 is 0 Å². The molecule has 2 nitrogen and oxygen atoms in total. The van der Waals surface area contributed by atoms with Crippen LogP contribution in [-0.2, 0) is 4.74 Å². The number of rotatable bonds is 4. The van der Waals surface area contributed by atoms with Gasteiger partial charge in [-0.15, -0.1) is 11.7 Å². The lowest BCUT2D eigenvalue weighted by Gasteiger charge is -2.09. The summed E-state index contributed by atoms with van der Waals surface area (Å²) >= 11 is 4.11. The van der Waals surface area contributed by atoms with Crippen LogP contribution in [0.4, 0.5) is 0 Å². The molecule has 0 aliphatic rings. The average molecular weight is 256 g/mol. The monoisotopic (exact) mass is 256 g/mol. The summed E-state index contributed by atoms with van der Waals surface area (Å²) in [6.45, 7) is 6.39. The van der Waals surface area contributed by atoms with E-state index in [4.69, 9.17) is 4.74 Å². The van der Waals surface area contributed by atoms with E-state index in [1.807, 2.05) is 32.9 Å². The third-order valence-corrected chi connectivity index (χ3v) is 3.17. The van der Waals surface area contributed by atoms with Crippen LogP contribution in [0.3, 0.4) is 0 Å². The van der Waals surface area contributed by atoms with Crippen molar-refractivity contribution in [2.24, 2.45) is 5.92 Å². The number of hydrogen-bond donors (Lipinski definition) is 1. The number of carbonyl (C=O) groups is 1. The fourth-order valence-corrected chi connectivity index (χ4v) is 1.94. The Bertz CT molecular complexity index is 375. The maximum absolute atomic E-state index is 11.7. The van der Waals surface area contributed by atoms with Gasteiger partial charge in [0.15, 0.2) is 0 Å². The maximum atomic E-state index is 11.7. The Hall–Kier alpha value is -0.610. The fraction of sp³-hybridized carbons (Fsp3) is 0.417. The van der Waals surface area contributed by atoms with Gasteiger partial charge in [-0.2, -0.15) is 0 Å². The van der Waals surface area contributed by atoms with Crippen LogP contribution in [0.15, 0.2) is 23.1 Å². The van der Waals surface area contributed by atoms with Gasteiger partial charge in [0.2, 0.25) is 0 Å². The molecule has 16 heavy (non-hydrogen) atoms. The van der Waals surface area contributed by atoms with E-state index in [0.29, 0.717) is 18.1 Å². The van der Waals surface area contributed by atoms with Gasteiger partial charge in [0, 0.05) is 4.90 Å². The lowest BCUT2D eigenvalue weighted by atomic mass is 10.1. The van der Waals surface area contributed by atoms with Crippen molar-refractivity contribution in [3.05, 3.63) is 29.3 Å². The normalized spacial score (nSPS) is 10.6. The number of thiol groups is 1. The first-order valence-electron chi connectivity index (χ1n) is 5.13. The molecular weight excluding hydrogens is 240 g/mol. The molecule has 0 heterocycles. The summed E-state index contributed by atoms with van der Waals surface area (Å²) in [5.41, 5.74) is 1.56. The minimum absolute atomic E-state index is 0.248. The predicted molar refractivity (Wildman–Crippen MR) is 71.1 cm³/mol.